The molecular weight excluding hydrogens is 186 g/mol. The first kappa shape index (κ1) is 11.4. The van der Waals surface area contributed by atoms with Crippen LogP contribution < -0.4 is 0 Å². The Kier molecular flexibility index (Phi) is 4.31. The van der Waals surface area contributed by atoms with Gasteiger partial charge < -0.3 is 19.8 Å². The van der Waals surface area contributed by atoms with Crippen LogP contribution in [0.3, 0.4) is 0 Å². The van der Waals surface area contributed by atoms with E-state index in [1.807, 2.05) is 11.9 Å². The average molecular weight is 203 g/mol. The molecule has 0 saturated carbocycles. The van der Waals surface area contributed by atoms with Crippen molar-refractivity contribution in [1.29, 1.82) is 0 Å². The lowest BCUT2D eigenvalue weighted by molar-refractivity contribution is -0.149. The summed E-state index contributed by atoms with van der Waals surface area (Å²) in [5, 5.41) is 17.4. The molecule has 1 heterocycles. The SMILES string of the molecule is CN(CCO)CC1CCC(C(=O)O)O1. The standard InChI is InChI=1S/C9H17NO4/c1-10(4-5-11)6-7-2-3-8(14-7)9(12)13/h7-8,11H,2-6H2,1H3,(H,12,13). The number of likely N-dealkylation sites (N-methyl/N-ethyl adjacent to an activating group) is 1. The number of hydrogen-bond donors (Lipinski definition) is 2. The maximum atomic E-state index is 10.6. The Hall–Kier alpha value is -0.650. The van der Waals surface area contributed by atoms with Gasteiger partial charge in [0.1, 0.15) is 0 Å². The second kappa shape index (κ2) is 5.29. The van der Waals surface area contributed by atoms with Gasteiger partial charge in [0.05, 0.1) is 12.7 Å². The number of aliphatic hydroxyl groups is 1. The van der Waals surface area contributed by atoms with Gasteiger partial charge in [-0.15, -0.1) is 0 Å². The zero-order chi connectivity index (χ0) is 10.6. The second-order valence-electron chi connectivity index (χ2n) is 3.65. The zero-order valence-electron chi connectivity index (χ0n) is 8.35. The van der Waals surface area contributed by atoms with Crippen molar-refractivity contribution >= 4 is 5.97 Å². The molecule has 0 radical (unpaired) electrons. The van der Waals surface area contributed by atoms with Gasteiger partial charge in [0.2, 0.25) is 0 Å². The molecule has 1 aliphatic rings. The van der Waals surface area contributed by atoms with Crippen molar-refractivity contribution in [3.63, 3.8) is 0 Å². The number of nitrogens with zero attached hydrogens (tertiary/aromatic N) is 1. The van der Waals surface area contributed by atoms with E-state index in [4.69, 9.17) is 14.9 Å². The molecule has 2 unspecified atom stereocenters. The molecular formula is C9H17NO4. The Bertz CT molecular complexity index is 197. The van der Waals surface area contributed by atoms with Gasteiger partial charge in [-0.3, -0.25) is 0 Å². The van der Waals surface area contributed by atoms with Crippen molar-refractivity contribution in [3.8, 4) is 0 Å². The molecule has 5 nitrogen and oxygen atoms in total. The van der Waals surface area contributed by atoms with E-state index in [1.165, 1.54) is 0 Å². The van der Waals surface area contributed by atoms with E-state index in [-0.39, 0.29) is 12.7 Å². The molecule has 1 rings (SSSR count). The molecule has 0 aromatic heterocycles. The highest BCUT2D eigenvalue weighted by Crippen LogP contribution is 2.20. The number of hydrogen-bond acceptors (Lipinski definition) is 4. The van der Waals surface area contributed by atoms with Gasteiger partial charge in [-0.25, -0.2) is 4.79 Å². The summed E-state index contributed by atoms with van der Waals surface area (Å²) >= 11 is 0. The molecule has 0 aromatic carbocycles. The van der Waals surface area contributed by atoms with Crippen LogP contribution in [0.2, 0.25) is 0 Å². The molecule has 2 atom stereocenters. The first-order valence-electron chi connectivity index (χ1n) is 4.81. The Morgan fingerprint density at radius 3 is 2.79 bits per heavy atom. The lowest BCUT2D eigenvalue weighted by atomic mass is 10.2. The van der Waals surface area contributed by atoms with Crippen molar-refractivity contribution in [1.82, 2.24) is 4.90 Å². The molecule has 2 N–H and O–H groups in total. The van der Waals surface area contributed by atoms with E-state index in [1.54, 1.807) is 0 Å². The van der Waals surface area contributed by atoms with Gasteiger partial charge in [0, 0.05) is 13.1 Å². The van der Waals surface area contributed by atoms with Crippen LogP contribution in [0, 0.1) is 0 Å². The summed E-state index contributed by atoms with van der Waals surface area (Å²) < 4.78 is 5.32. The van der Waals surface area contributed by atoms with Crippen LogP contribution in [0.1, 0.15) is 12.8 Å². The van der Waals surface area contributed by atoms with Crippen molar-refractivity contribution < 1.29 is 19.7 Å². The number of carboxylic acid groups (broad SMARTS) is 1. The molecule has 0 aliphatic carbocycles. The summed E-state index contributed by atoms with van der Waals surface area (Å²) in [6.07, 6.45) is 0.731. The van der Waals surface area contributed by atoms with E-state index in [9.17, 15) is 4.79 Å². The minimum atomic E-state index is -0.877. The van der Waals surface area contributed by atoms with E-state index >= 15 is 0 Å². The van der Waals surface area contributed by atoms with Crippen LogP contribution in [-0.2, 0) is 9.53 Å². The van der Waals surface area contributed by atoms with Crippen molar-refractivity contribution in [3.05, 3.63) is 0 Å². The topological polar surface area (TPSA) is 70.0 Å². The van der Waals surface area contributed by atoms with Crippen LogP contribution in [0.15, 0.2) is 0 Å². The number of ether oxygens (including phenoxy) is 1. The lowest BCUT2D eigenvalue weighted by Gasteiger charge is -2.19. The molecule has 0 spiro atoms. The zero-order valence-corrected chi connectivity index (χ0v) is 8.35. The highest BCUT2D eigenvalue weighted by atomic mass is 16.5. The number of carbonyl (C=O) groups is 1. The molecule has 0 amide bonds. The Labute approximate surface area is 83.3 Å². The first-order valence-corrected chi connectivity index (χ1v) is 4.81. The fourth-order valence-electron chi connectivity index (χ4n) is 1.63. The van der Waals surface area contributed by atoms with Crippen LogP contribution in [0.5, 0.6) is 0 Å². The Morgan fingerprint density at radius 1 is 1.57 bits per heavy atom. The van der Waals surface area contributed by atoms with Gasteiger partial charge in [0.15, 0.2) is 6.10 Å². The predicted octanol–water partition coefficient (Wildman–Crippen LogP) is -0.457. The molecule has 0 aromatic rings. The number of aliphatic carboxylic acids is 1. The molecule has 1 fully saturated rings. The summed E-state index contributed by atoms with van der Waals surface area (Å²) in [4.78, 5) is 12.5. The predicted molar refractivity (Wildman–Crippen MR) is 50.1 cm³/mol. The van der Waals surface area contributed by atoms with Gasteiger partial charge in [-0.05, 0) is 19.9 Å². The molecule has 14 heavy (non-hydrogen) atoms. The summed E-state index contributed by atoms with van der Waals surface area (Å²) in [7, 11) is 1.88. The molecule has 1 aliphatic heterocycles. The van der Waals surface area contributed by atoms with E-state index in [2.05, 4.69) is 0 Å². The van der Waals surface area contributed by atoms with Gasteiger partial charge in [-0.2, -0.15) is 0 Å². The molecule has 82 valence electrons. The van der Waals surface area contributed by atoms with Crippen LogP contribution in [0.25, 0.3) is 0 Å². The van der Waals surface area contributed by atoms with Crippen molar-refractivity contribution in [2.45, 2.75) is 25.0 Å². The van der Waals surface area contributed by atoms with E-state index in [0.29, 0.717) is 19.5 Å². The monoisotopic (exact) mass is 203 g/mol. The number of aliphatic hydroxyl groups excluding tert-OH is 1. The fraction of sp³-hybridized carbons (Fsp3) is 0.889. The average Bonchev–Trinajstić information content (AvgIpc) is 2.53. The minimum Gasteiger partial charge on any atom is -0.479 e. The van der Waals surface area contributed by atoms with E-state index in [0.717, 1.165) is 6.42 Å². The fourth-order valence-corrected chi connectivity index (χ4v) is 1.63. The second-order valence-corrected chi connectivity index (χ2v) is 3.65. The van der Waals surface area contributed by atoms with Crippen LogP contribution in [0.4, 0.5) is 0 Å². The Morgan fingerprint density at radius 2 is 2.29 bits per heavy atom. The quantitative estimate of drug-likeness (QED) is 0.633. The summed E-state index contributed by atoms with van der Waals surface area (Å²) in [6.45, 7) is 1.40. The molecule has 5 heteroatoms. The van der Waals surface area contributed by atoms with Crippen LogP contribution in [-0.4, -0.2) is 60.0 Å². The van der Waals surface area contributed by atoms with Crippen LogP contribution >= 0.6 is 0 Å². The summed E-state index contributed by atoms with van der Waals surface area (Å²) in [5.74, 6) is -0.877. The highest BCUT2D eigenvalue weighted by molar-refractivity contribution is 5.72. The maximum absolute atomic E-state index is 10.6. The highest BCUT2D eigenvalue weighted by Gasteiger charge is 2.30. The third-order valence-corrected chi connectivity index (χ3v) is 2.38. The van der Waals surface area contributed by atoms with Gasteiger partial charge >= 0.3 is 5.97 Å². The lowest BCUT2D eigenvalue weighted by Crippen LogP contribution is -2.32. The third-order valence-electron chi connectivity index (χ3n) is 2.38. The van der Waals surface area contributed by atoms with Crippen molar-refractivity contribution in [2.24, 2.45) is 0 Å². The number of carboxylic acids is 1. The van der Waals surface area contributed by atoms with Crippen molar-refractivity contribution in [2.75, 3.05) is 26.7 Å². The third kappa shape index (κ3) is 3.25. The number of rotatable bonds is 5. The Balaban J connectivity index is 2.25. The summed E-state index contributed by atoms with van der Waals surface area (Å²) in [6, 6.07) is 0. The summed E-state index contributed by atoms with van der Waals surface area (Å²) in [5.41, 5.74) is 0. The molecule has 1 saturated heterocycles. The molecule has 0 bridgehead atoms. The smallest absolute Gasteiger partial charge is 0.332 e. The largest absolute Gasteiger partial charge is 0.479 e. The van der Waals surface area contributed by atoms with E-state index < -0.39 is 12.1 Å². The first-order chi connectivity index (χ1) is 6.63. The maximum Gasteiger partial charge on any atom is 0.332 e. The minimum absolute atomic E-state index is 0.00681. The van der Waals surface area contributed by atoms with Gasteiger partial charge in [-0.1, -0.05) is 0 Å². The normalized spacial score (nSPS) is 27.1. The van der Waals surface area contributed by atoms with Gasteiger partial charge in [0.25, 0.3) is 0 Å².